The average molecular weight is 381 g/mol. The van der Waals surface area contributed by atoms with E-state index < -0.39 is 0 Å². The van der Waals surface area contributed by atoms with E-state index >= 15 is 0 Å². The fraction of sp³-hybridized carbons (Fsp3) is 0.231. The first-order valence-electron chi connectivity index (χ1n) is 5.60. The first kappa shape index (κ1) is 15.1. The van der Waals surface area contributed by atoms with Crippen LogP contribution in [-0.2, 0) is 0 Å². The van der Waals surface area contributed by atoms with Gasteiger partial charge in [0.25, 0.3) is 0 Å². The minimum absolute atomic E-state index is 0.155. The normalized spacial score (nSPS) is 14.2. The Hall–Kier alpha value is -0.260. The number of benzene rings is 1. The molecule has 0 bridgehead atoms. The van der Waals surface area contributed by atoms with Gasteiger partial charge in [0, 0.05) is 15.9 Å². The second-order valence-corrected chi connectivity index (χ2v) is 7.45. The fourth-order valence-electron chi connectivity index (χ4n) is 1.61. The topological polar surface area (TPSA) is 35.2 Å². The summed E-state index contributed by atoms with van der Waals surface area (Å²) < 4.78 is 6.98. The van der Waals surface area contributed by atoms with E-state index in [2.05, 4.69) is 15.9 Å². The van der Waals surface area contributed by atoms with Crippen LogP contribution in [0.5, 0.6) is 5.75 Å². The van der Waals surface area contributed by atoms with Crippen LogP contribution in [0.15, 0.2) is 34.1 Å². The first-order chi connectivity index (χ1) is 8.97. The van der Waals surface area contributed by atoms with E-state index in [-0.39, 0.29) is 12.1 Å². The van der Waals surface area contributed by atoms with Crippen molar-refractivity contribution in [2.75, 3.05) is 0 Å². The number of rotatable bonds is 4. The molecule has 0 amide bonds. The van der Waals surface area contributed by atoms with E-state index in [1.165, 1.54) is 0 Å². The quantitative estimate of drug-likeness (QED) is 0.782. The van der Waals surface area contributed by atoms with Crippen molar-refractivity contribution in [1.29, 1.82) is 0 Å². The van der Waals surface area contributed by atoms with Crippen LogP contribution < -0.4 is 10.5 Å². The van der Waals surface area contributed by atoms with Crippen molar-refractivity contribution in [3.05, 3.63) is 49.0 Å². The molecule has 2 aromatic rings. The van der Waals surface area contributed by atoms with Gasteiger partial charge in [-0.25, -0.2) is 0 Å². The number of hydrogen-bond donors (Lipinski definition) is 1. The van der Waals surface area contributed by atoms with Crippen molar-refractivity contribution < 1.29 is 4.74 Å². The third kappa shape index (κ3) is 3.86. The number of nitrogens with two attached hydrogens (primary N) is 1. The zero-order chi connectivity index (χ0) is 14.0. The summed E-state index contributed by atoms with van der Waals surface area (Å²) in [5.74, 6) is 0.581. The Kier molecular flexibility index (Phi) is 5.15. The minimum Gasteiger partial charge on any atom is -0.482 e. The Morgan fingerprint density at radius 1 is 1.26 bits per heavy atom. The van der Waals surface area contributed by atoms with Crippen LogP contribution in [0, 0.1) is 0 Å². The molecule has 19 heavy (non-hydrogen) atoms. The van der Waals surface area contributed by atoms with Gasteiger partial charge in [-0.15, -0.1) is 11.3 Å². The third-order valence-electron chi connectivity index (χ3n) is 2.50. The monoisotopic (exact) mass is 379 g/mol. The largest absolute Gasteiger partial charge is 0.482 e. The number of hydrogen-bond acceptors (Lipinski definition) is 3. The molecule has 0 aliphatic carbocycles. The number of ether oxygens (including phenoxy) is 1. The minimum atomic E-state index is -0.241. The second-order valence-electron chi connectivity index (χ2n) is 4.11. The average Bonchev–Trinajstić information content (AvgIpc) is 2.74. The van der Waals surface area contributed by atoms with Crippen LogP contribution >= 0.6 is 50.5 Å². The predicted octanol–water partition coefficient (Wildman–Crippen LogP) is 5.28. The Balaban J connectivity index is 2.26. The van der Waals surface area contributed by atoms with Crippen LogP contribution in [-0.4, -0.2) is 6.04 Å². The highest BCUT2D eigenvalue weighted by atomic mass is 79.9. The molecule has 1 heterocycles. The Bertz CT molecular complexity index is 574. The molecule has 2 rings (SSSR count). The molecule has 2 atom stereocenters. The van der Waals surface area contributed by atoms with Crippen LogP contribution in [0.3, 0.4) is 0 Å². The molecule has 2 N–H and O–H groups in total. The lowest BCUT2D eigenvalue weighted by molar-refractivity contribution is 0.184. The summed E-state index contributed by atoms with van der Waals surface area (Å²) in [5.41, 5.74) is 6.00. The lowest BCUT2D eigenvalue weighted by atomic mass is 10.1. The highest BCUT2D eigenvalue weighted by molar-refractivity contribution is 9.11. The summed E-state index contributed by atoms with van der Waals surface area (Å²) in [5, 5.41) is 1.06. The first-order valence-corrected chi connectivity index (χ1v) is 7.96. The summed E-state index contributed by atoms with van der Waals surface area (Å²) in [6, 6.07) is 8.96. The van der Waals surface area contributed by atoms with Gasteiger partial charge >= 0.3 is 0 Å². The molecule has 0 spiro atoms. The van der Waals surface area contributed by atoms with E-state index in [1.807, 2.05) is 19.1 Å². The maximum Gasteiger partial charge on any atom is 0.148 e. The zero-order valence-electron chi connectivity index (χ0n) is 10.1. The van der Waals surface area contributed by atoms with Gasteiger partial charge < -0.3 is 10.5 Å². The van der Waals surface area contributed by atoms with Gasteiger partial charge in [-0.05, 0) is 53.2 Å². The molecule has 1 aromatic carbocycles. The van der Waals surface area contributed by atoms with Crippen LogP contribution in [0.4, 0.5) is 0 Å². The summed E-state index contributed by atoms with van der Waals surface area (Å²) in [7, 11) is 0. The molecular weight excluding hydrogens is 369 g/mol. The molecule has 0 saturated carbocycles. The van der Waals surface area contributed by atoms with Gasteiger partial charge in [0.05, 0.1) is 8.81 Å². The molecule has 102 valence electrons. The molecule has 0 radical (unpaired) electrons. The third-order valence-corrected chi connectivity index (χ3v) is 4.72. The molecule has 0 aliphatic rings. The van der Waals surface area contributed by atoms with Crippen LogP contribution in [0.2, 0.25) is 10.0 Å². The Labute approximate surface area is 134 Å². The SMILES string of the molecule is CC(N)C(Oc1ccc(Cl)cc1Cl)c1ccc(Br)s1. The van der Waals surface area contributed by atoms with Gasteiger partial charge in [-0.3, -0.25) is 0 Å². The molecule has 6 heteroatoms. The molecular formula is C13H12BrCl2NOS. The number of halogens is 3. The van der Waals surface area contributed by atoms with Crippen LogP contribution in [0.25, 0.3) is 0 Å². The molecule has 0 aliphatic heterocycles. The smallest absolute Gasteiger partial charge is 0.148 e. The second kappa shape index (κ2) is 6.46. The molecule has 2 unspecified atom stereocenters. The zero-order valence-corrected chi connectivity index (χ0v) is 14.0. The van der Waals surface area contributed by atoms with Crippen molar-refractivity contribution in [2.45, 2.75) is 19.1 Å². The van der Waals surface area contributed by atoms with Crippen molar-refractivity contribution in [3.63, 3.8) is 0 Å². The molecule has 0 fully saturated rings. The van der Waals surface area contributed by atoms with Gasteiger partial charge in [0.1, 0.15) is 11.9 Å². The lowest BCUT2D eigenvalue weighted by Gasteiger charge is -2.22. The molecule has 0 saturated heterocycles. The van der Waals surface area contributed by atoms with E-state index in [1.54, 1.807) is 29.5 Å². The van der Waals surface area contributed by atoms with Crippen molar-refractivity contribution in [1.82, 2.24) is 0 Å². The van der Waals surface area contributed by atoms with Gasteiger partial charge in [0.2, 0.25) is 0 Å². The van der Waals surface area contributed by atoms with Crippen molar-refractivity contribution in [3.8, 4) is 5.75 Å². The number of thiophene rings is 1. The van der Waals surface area contributed by atoms with Gasteiger partial charge in [0.15, 0.2) is 0 Å². The predicted molar refractivity (Wildman–Crippen MR) is 85.5 cm³/mol. The van der Waals surface area contributed by atoms with Crippen LogP contribution in [0.1, 0.15) is 17.9 Å². The van der Waals surface area contributed by atoms with Gasteiger partial charge in [-0.2, -0.15) is 0 Å². The highest BCUT2D eigenvalue weighted by Crippen LogP contribution is 2.35. The summed E-state index contributed by atoms with van der Waals surface area (Å²) in [4.78, 5) is 1.05. The van der Waals surface area contributed by atoms with Gasteiger partial charge in [-0.1, -0.05) is 23.2 Å². The lowest BCUT2D eigenvalue weighted by Crippen LogP contribution is -2.28. The molecule has 1 aromatic heterocycles. The van der Waals surface area contributed by atoms with E-state index in [0.717, 1.165) is 8.66 Å². The summed E-state index contributed by atoms with van der Waals surface area (Å²) in [6.07, 6.45) is -0.241. The molecule has 2 nitrogen and oxygen atoms in total. The van der Waals surface area contributed by atoms with E-state index in [4.69, 9.17) is 33.7 Å². The Morgan fingerprint density at radius 3 is 2.53 bits per heavy atom. The van der Waals surface area contributed by atoms with E-state index in [9.17, 15) is 0 Å². The van der Waals surface area contributed by atoms with Crippen molar-refractivity contribution >= 4 is 50.5 Å². The summed E-state index contributed by atoms with van der Waals surface area (Å²) >= 11 is 17.0. The van der Waals surface area contributed by atoms with Crippen molar-refractivity contribution in [2.24, 2.45) is 5.73 Å². The highest BCUT2D eigenvalue weighted by Gasteiger charge is 2.21. The maximum absolute atomic E-state index is 6.11. The Morgan fingerprint density at radius 2 is 2.00 bits per heavy atom. The van der Waals surface area contributed by atoms with E-state index in [0.29, 0.717) is 15.8 Å². The summed E-state index contributed by atoms with van der Waals surface area (Å²) in [6.45, 7) is 1.90. The maximum atomic E-state index is 6.11. The standard InChI is InChI=1S/C13H12BrCl2NOS/c1-7(17)13(11-4-5-12(14)19-11)18-10-3-2-8(15)6-9(10)16/h2-7,13H,17H2,1H3. The fourth-order valence-corrected chi connectivity index (χ4v) is 3.64.